The van der Waals surface area contributed by atoms with Crippen molar-refractivity contribution in [2.24, 2.45) is 11.8 Å². The molecule has 0 aliphatic rings. The molecule has 13 heavy (non-hydrogen) atoms. The maximum atomic E-state index is 11.3. The van der Waals surface area contributed by atoms with Crippen molar-refractivity contribution in [3.05, 3.63) is 0 Å². The summed E-state index contributed by atoms with van der Waals surface area (Å²) in [5.74, 6) is -0.0365. The van der Waals surface area contributed by atoms with E-state index in [9.17, 15) is 4.79 Å². The molecule has 0 aromatic carbocycles. The van der Waals surface area contributed by atoms with Gasteiger partial charge in [-0.05, 0) is 5.92 Å². The van der Waals surface area contributed by atoms with Crippen LogP contribution in [0.4, 0.5) is 0 Å². The summed E-state index contributed by atoms with van der Waals surface area (Å²) in [6.07, 6.45) is 0. The first-order valence-corrected chi connectivity index (χ1v) is 4.25. The van der Waals surface area contributed by atoms with Gasteiger partial charge in [0.25, 0.3) is 0 Å². The third kappa shape index (κ3) is 4.82. The van der Waals surface area contributed by atoms with Gasteiger partial charge in [-0.3, -0.25) is 10.2 Å². The average molecular weight is 190 g/mol. The van der Waals surface area contributed by atoms with Crippen LogP contribution in [0.1, 0.15) is 13.8 Å². The third-order valence-electron chi connectivity index (χ3n) is 1.96. The van der Waals surface area contributed by atoms with Gasteiger partial charge in [0.05, 0.1) is 13.7 Å². The molecule has 1 amide bonds. The minimum Gasteiger partial charge on any atom is -0.292 e. The number of nitrogens with one attached hydrogen (secondary N) is 2. The molecule has 0 aliphatic carbocycles. The number of hydrogen-bond acceptors (Lipinski definition) is 4. The zero-order valence-corrected chi connectivity index (χ0v) is 8.59. The van der Waals surface area contributed by atoms with Gasteiger partial charge in [-0.2, -0.15) is 0 Å². The lowest BCUT2D eigenvalue weighted by Crippen LogP contribution is -2.40. The van der Waals surface area contributed by atoms with Crippen LogP contribution in [0.15, 0.2) is 0 Å². The third-order valence-corrected chi connectivity index (χ3v) is 1.96. The summed E-state index contributed by atoms with van der Waals surface area (Å²) in [5, 5.41) is 0. The Hall–Kier alpha value is -0.650. The fourth-order valence-corrected chi connectivity index (χ4v) is 0.815. The quantitative estimate of drug-likeness (QED) is 0.460. The molecule has 0 saturated heterocycles. The molecule has 78 valence electrons. The van der Waals surface area contributed by atoms with E-state index in [1.165, 1.54) is 7.11 Å². The second-order valence-electron chi connectivity index (χ2n) is 2.96. The van der Waals surface area contributed by atoms with E-state index in [4.69, 9.17) is 4.89 Å². The van der Waals surface area contributed by atoms with Gasteiger partial charge in [-0.15, -0.1) is 0 Å². The predicted molar refractivity (Wildman–Crippen MR) is 48.5 cm³/mol. The minimum absolute atomic E-state index is 0.0466. The number of rotatable bonds is 6. The molecule has 0 heterocycles. The molecule has 0 aromatic rings. The van der Waals surface area contributed by atoms with Crippen molar-refractivity contribution < 1.29 is 14.6 Å². The van der Waals surface area contributed by atoms with E-state index in [1.54, 1.807) is 7.05 Å². The molecule has 0 aromatic heterocycles. The molecule has 0 aliphatic heterocycles. The summed E-state index contributed by atoms with van der Waals surface area (Å²) in [6, 6.07) is 0. The van der Waals surface area contributed by atoms with Crippen molar-refractivity contribution in [1.82, 2.24) is 10.9 Å². The Balaban J connectivity index is 3.79. The highest BCUT2D eigenvalue weighted by Crippen LogP contribution is 2.10. The normalized spacial score (nSPS) is 15.1. The zero-order chi connectivity index (χ0) is 10.3. The van der Waals surface area contributed by atoms with E-state index >= 15 is 0 Å². The Bertz CT molecular complexity index is 152. The highest BCUT2D eigenvalue weighted by atomic mass is 17.2. The average Bonchev–Trinajstić information content (AvgIpc) is 2.13. The zero-order valence-electron chi connectivity index (χ0n) is 8.59. The Morgan fingerprint density at radius 2 is 2.08 bits per heavy atom. The van der Waals surface area contributed by atoms with Gasteiger partial charge in [-0.25, -0.2) is 15.2 Å². The number of hydrogen-bond donors (Lipinski definition) is 2. The highest BCUT2D eigenvalue weighted by molar-refractivity contribution is 5.77. The van der Waals surface area contributed by atoms with Crippen LogP contribution in [0, 0.1) is 11.8 Å². The molecule has 0 bridgehead atoms. The number of carbonyl (C=O) groups excluding carboxylic acids is 1. The summed E-state index contributed by atoms with van der Waals surface area (Å²) >= 11 is 0. The van der Waals surface area contributed by atoms with Gasteiger partial charge in [0.1, 0.15) is 0 Å². The fourth-order valence-electron chi connectivity index (χ4n) is 0.815. The molecule has 5 heteroatoms. The van der Waals surface area contributed by atoms with E-state index in [0.717, 1.165) is 0 Å². The van der Waals surface area contributed by atoms with Gasteiger partial charge >= 0.3 is 0 Å². The van der Waals surface area contributed by atoms with Gasteiger partial charge in [0.15, 0.2) is 0 Å². The Labute approximate surface area is 78.7 Å². The van der Waals surface area contributed by atoms with Crippen molar-refractivity contribution in [1.29, 1.82) is 0 Å². The van der Waals surface area contributed by atoms with Crippen LogP contribution in [0.2, 0.25) is 0 Å². The van der Waals surface area contributed by atoms with Crippen LogP contribution >= 0.6 is 0 Å². The summed E-state index contributed by atoms with van der Waals surface area (Å²) in [5.41, 5.74) is 5.11. The molecule has 5 nitrogen and oxygen atoms in total. The monoisotopic (exact) mass is 190 g/mol. The van der Waals surface area contributed by atoms with E-state index in [0.29, 0.717) is 6.61 Å². The van der Waals surface area contributed by atoms with Crippen molar-refractivity contribution in [2.45, 2.75) is 13.8 Å². The molecule has 0 rings (SSSR count). The topological polar surface area (TPSA) is 59.6 Å². The first-order valence-electron chi connectivity index (χ1n) is 4.25. The van der Waals surface area contributed by atoms with Crippen LogP contribution in [-0.4, -0.2) is 26.7 Å². The molecule has 0 spiro atoms. The molecule has 2 N–H and O–H groups in total. The second-order valence-corrected chi connectivity index (χ2v) is 2.96. The summed E-state index contributed by atoms with van der Waals surface area (Å²) in [4.78, 5) is 20.5. The van der Waals surface area contributed by atoms with E-state index in [1.807, 2.05) is 13.8 Å². The van der Waals surface area contributed by atoms with Crippen LogP contribution in [0.5, 0.6) is 0 Å². The molecule has 2 atom stereocenters. The van der Waals surface area contributed by atoms with Crippen molar-refractivity contribution in [2.75, 3.05) is 20.8 Å². The first-order chi connectivity index (χ1) is 6.13. The largest absolute Gasteiger partial charge is 0.292 e. The summed E-state index contributed by atoms with van der Waals surface area (Å²) < 4.78 is 0. The first kappa shape index (κ1) is 12.3. The van der Waals surface area contributed by atoms with Crippen molar-refractivity contribution >= 4 is 5.91 Å². The fraction of sp³-hybridized carbons (Fsp3) is 0.875. The van der Waals surface area contributed by atoms with E-state index in [-0.39, 0.29) is 17.7 Å². The summed E-state index contributed by atoms with van der Waals surface area (Å²) in [6.45, 7) is 4.18. The van der Waals surface area contributed by atoms with Crippen molar-refractivity contribution in [3.63, 3.8) is 0 Å². The molecule has 0 radical (unpaired) electrons. The van der Waals surface area contributed by atoms with Crippen molar-refractivity contribution in [3.8, 4) is 0 Å². The van der Waals surface area contributed by atoms with Gasteiger partial charge in [0, 0.05) is 13.0 Å². The molecule has 0 unspecified atom stereocenters. The molecule has 0 fully saturated rings. The predicted octanol–water partition coefficient (Wildman–Crippen LogP) is 0.0872. The van der Waals surface area contributed by atoms with Gasteiger partial charge in [-0.1, -0.05) is 13.8 Å². The van der Waals surface area contributed by atoms with Crippen LogP contribution in [0.25, 0.3) is 0 Å². The lowest BCUT2D eigenvalue weighted by Gasteiger charge is -2.17. The standard InChI is InChI=1S/C8H18N2O3/c1-6(5-13-12-4)7(2)8(11)10-9-3/h6-7,9H,5H2,1-4H3,(H,10,11)/t6-,7-/m1/s1. The maximum Gasteiger partial charge on any atom is 0.237 e. The van der Waals surface area contributed by atoms with Crippen LogP contribution in [-0.2, 0) is 14.6 Å². The van der Waals surface area contributed by atoms with Gasteiger partial charge < -0.3 is 0 Å². The number of hydrazine groups is 1. The Morgan fingerprint density at radius 1 is 1.46 bits per heavy atom. The molecule has 0 saturated carbocycles. The lowest BCUT2D eigenvalue weighted by atomic mass is 9.96. The number of amides is 1. The smallest absolute Gasteiger partial charge is 0.237 e. The second kappa shape index (κ2) is 6.82. The Kier molecular flexibility index (Phi) is 6.48. The minimum atomic E-state index is -0.109. The highest BCUT2D eigenvalue weighted by Gasteiger charge is 2.19. The van der Waals surface area contributed by atoms with Gasteiger partial charge in [0.2, 0.25) is 5.91 Å². The Morgan fingerprint density at radius 3 is 2.54 bits per heavy atom. The SMILES string of the molecule is CNNC(=O)[C@H](C)[C@H](C)COOC. The number of carbonyl (C=O) groups is 1. The van der Waals surface area contributed by atoms with Crippen LogP contribution < -0.4 is 10.9 Å². The van der Waals surface area contributed by atoms with E-state index in [2.05, 4.69) is 15.7 Å². The molecular formula is C8H18N2O3. The summed E-state index contributed by atoms with van der Waals surface area (Å²) in [7, 11) is 3.10. The van der Waals surface area contributed by atoms with E-state index < -0.39 is 0 Å². The molecular weight excluding hydrogens is 172 g/mol. The maximum absolute atomic E-state index is 11.3. The lowest BCUT2D eigenvalue weighted by molar-refractivity contribution is -0.280. The van der Waals surface area contributed by atoms with Crippen LogP contribution in [0.3, 0.4) is 0 Å².